The molecule has 3 N–H and O–H groups in total. The molecule has 0 spiro atoms. The van der Waals surface area contributed by atoms with E-state index in [1.165, 1.54) is 0 Å². The Hall–Kier alpha value is -0.330. The predicted octanol–water partition coefficient (Wildman–Crippen LogP) is 2.09. The minimum atomic E-state index is -3.53. The van der Waals surface area contributed by atoms with Gasteiger partial charge in [-0.25, -0.2) is 13.1 Å². The van der Waals surface area contributed by atoms with Crippen LogP contribution in [0.5, 0.6) is 0 Å². The van der Waals surface area contributed by atoms with E-state index in [0.29, 0.717) is 16.5 Å². The zero-order valence-corrected chi connectivity index (χ0v) is 13.0. The van der Waals surface area contributed by atoms with Crippen molar-refractivity contribution < 1.29 is 8.42 Å². The normalized spacial score (nSPS) is 16.8. The predicted molar refractivity (Wildman–Crippen MR) is 79.3 cm³/mol. The molecule has 1 unspecified atom stereocenters. The molecule has 1 aromatic carbocycles. The first-order valence-corrected chi connectivity index (χ1v) is 7.78. The van der Waals surface area contributed by atoms with Crippen molar-refractivity contribution in [1.82, 2.24) is 4.72 Å². The lowest BCUT2D eigenvalue weighted by molar-refractivity contribution is 0.547. The van der Waals surface area contributed by atoms with E-state index in [4.69, 9.17) is 17.3 Å². The van der Waals surface area contributed by atoms with Crippen LogP contribution in [-0.2, 0) is 10.0 Å². The molecule has 1 saturated carbocycles. The van der Waals surface area contributed by atoms with E-state index < -0.39 is 10.0 Å². The van der Waals surface area contributed by atoms with Crippen LogP contribution >= 0.6 is 24.0 Å². The number of halogens is 2. The van der Waals surface area contributed by atoms with Crippen molar-refractivity contribution in [1.29, 1.82) is 0 Å². The zero-order valence-electron chi connectivity index (χ0n) is 10.6. The van der Waals surface area contributed by atoms with Gasteiger partial charge in [0, 0.05) is 17.6 Å². The summed E-state index contributed by atoms with van der Waals surface area (Å²) < 4.78 is 26.8. The number of hydrogen-bond donors (Lipinski definition) is 2. The molecule has 1 fully saturated rings. The second kappa shape index (κ2) is 6.41. The van der Waals surface area contributed by atoms with Gasteiger partial charge in [0.1, 0.15) is 0 Å². The Morgan fingerprint density at radius 3 is 2.68 bits per heavy atom. The molecule has 108 valence electrons. The number of sulfonamides is 1. The van der Waals surface area contributed by atoms with Crippen molar-refractivity contribution in [2.75, 3.05) is 6.54 Å². The first kappa shape index (κ1) is 16.7. The fraction of sp³-hybridized carbons (Fsp3) is 0.500. The number of nitrogens with two attached hydrogens (primary N) is 1. The summed E-state index contributed by atoms with van der Waals surface area (Å²) in [6.45, 7) is 1.97. The minimum Gasteiger partial charge on any atom is -0.326 e. The van der Waals surface area contributed by atoms with Gasteiger partial charge in [0.2, 0.25) is 10.0 Å². The standard InChI is InChI=1S/C12H17ClN2O2S.ClH/c1-8-10(13)3-2-4-12(8)18(16,17)15-7-11(14)9-5-6-9;/h2-4,9,11,15H,5-7,14H2,1H3;1H. The fourth-order valence-electron chi connectivity index (χ4n) is 1.85. The maximum Gasteiger partial charge on any atom is 0.240 e. The van der Waals surface area contributed by atoms with Gasteiger partial charge in [-0.3, -0.25) is 0 Å². The lowest BCUT2D eigenvalue weighted by atomic mass is 10.2. The fourth-order valence-corrected chi connectivity index (χ4v) is 3.42. The zero-order chi connectivity index (χ0) is 13.3. The van der Waals surface area contributed by atoms with Crippen molar-refractivity contribution >= 4 is 34.0 Å². The van der Waals surface area contributed by atoms with E-state index in [2.05, 4.69) is 4.72 Å². The monoisotopic (exact) mass is 324 g/mol. The number of benzene rings is 1. The Balaban J connectivity index is 0.00000180. The van der Waals surface area contributed by atoms with Gasteiger partial charge in [-0.2, -0.15) is 0 Å². The van der Waals surface area contributed by atoms with E-state index in [-0.39, 0.29) is 29.9 Å². The highest BCUT2D eigenvalue weighted by Gasteiger charge is 2.29. The van der Waals surface area contributed by atoms with E-state index >= 15 is 0 Å². The molecule has 4 nitrogen and oxygen atoms in total. The average Bonchev–Trinajstić information content (AvgIpc) is 3.13. The summed E-state index contributed by atoms with van der Waals surface area (Å²) in [5.74, 6) is 0.466. The molecule has 1 aliphatic rings. The Bertz CT molecular complexity index is 545. The lowest BCUT2D eigenvalue weighted by Gasteiger charge is -2.13. The van der Waals surface area contributed by atoms with Crippen LogP contribution < -0.4 is 10.5 Å². The molecule has 0 aliphatic heterocycles. The smallest absolute Gasteiger partial charge is 0.240 e. The van der Waals surface area contributed by atoms with Crippen molar-refractivity contribution in [2.24, 2.45) is 11.7 Å². The summed E-state index contributed by atoms with van der Waals surface area (Å²) in [6, 6.07) is 4.75. The molecule has 0 amide bonds. The molecule has 7 heteroatoms. The maximum atomic E-state index is 12.1. The van der Waals surface area contributed by atoms with Gasteiger partial charge in [-0.15, -0.1) is 12.4 Å². The van der Waals surface area contributed by atoms with Crippen LogP contribution in [0.25, 0.3) is 0 Å². The van der Waals surface area contributed by atoms with Crippen LogP contribution in [0.2, 0.25) is 5.02 Å². The third-order valence-electron chi connectivity index (χ3n) is 3.24. The topological polar surface area (TPSA) is 72.2 Å². The first-order valence-electron chi connectivity index (χ1n) is 5.92. The van der Waals surface area contributed by atoms with Crippen molar-refractivity contribution in [3.63, 3.8) is 0 Å². The van der Waals surface area contributed by atoms with Crippen LogP contribution in [-0.4, -0.2) is 21.0 Å². The van der Waals surface area contributed by atoms with Crippen LogP contribution in [0.4, 0.5) is 0 Å². The number of nitrogens with one attached hydrogen (secondary N) is 1. The Labute approximate surface area is 125 Å². The van der Waals surface area contributed by atoms with E-state index in [1.54, 1.807) is 25.1 Å². The summed E-state index contributed by atoms with van der Waals surface area (Å²) in [6.07, 6.45) is 2.19. The molecule has 1 atom stereocenters. The van der Waals surface area contributed by atoms with Gasteiger partial charge in [-0.05, 0) is 43.4 Å². The third-order valence-corrected chi connectivity index (χ3v) is 5.22. The quantitative estimate of drug-likeness (QED) is 0.871. The second-order valence-electron chi connectivity index (χ2n) is 4.72. The molecule has 2 rings (SSSR count). The second-order valence-corrected chi connectivity index (χ2v) is 6.86. The van der Waals surface area contributed by atoms with Crippen LogP contribution in [0, 0.1) is 12.8 Å². The molecule has 0 bridgehead atoms. The number of hydrogen-bond acceptors (Lipinski definition) is 3. The van der Waals surface area contributed by atoms with Crippen LogP contribution in [0.3, 0.4) is 0 Å². The van der Waals surface area contributed by atoms with Gasteiger partial charge in [0.15, 0.2) is 0 Å². The van der Waals surface area contributed by atoms with E-state index in [1.807, 2.05) is 0 Å². The summed E-state index contributed by atoms with van der Waals surface area (Å²) in [7, 11) is -3.53. The lowest BCUT2D eigenvalue weighted by Crippen LogP contribution is -2.38. The largest absolute Gasteiger partial charge is 0.326 e. The molecule has 0 heterocycles. The van der Waals surface area contributed by atoms with Crippen LogP contribution in [0.1, 0.15) is 18.4 Å². The van der Waals surface area contributed by atoms with Gasteiger partial charge in [0.05, 0.1) is 4.90 Å². The van der Waals surface area contributed by atoms with Gasteiger partial charge in [-0.1, -0.05) is 17.7 Å². The molecular formula is C12H18Cl2N2O2S. The van der Waals surface area contributed by atoms with Gasteiger partial charge >= 0.3 is 0 Å². The Morgan fingerprint density at radius 2 is 2.11 bits per heavy atom. The maximum absolute atomic E-state index is 12.1. The van der Waals surface area contributed by atoms with Crippen molar-refractivity contribution in [3.8, 4) is 0 Å². The summed E-state index contributed by atoms with van der Waals surface area (Å²) in [4.78, 5) is 0.220. The molecule has 19 heavy (non-hydrogen) atoms. The molecule has 1 aromatic rings. The van der Waals surface area contributed by atoms with Crippen molar-refractivity contribution in [3.05, 3.63) is 28.8 Å². The minimum absolute atomic E-state index is 0. The highest BCUT2D eigenvalue weighted by molar-refractivity contribution is 7.89. The molecular weight excluding hydrogens is 307 g/mol. The van der Waals surface area contributed by atoms with E-state index in [0.717, 1.165) is 12.8 Å². The Kier molecular flexibility index (Phi) is 5.65. The highest BCUT2D eigenvalue weighted by atomic mass is 35.5. The summed E-state index contributed by atoms with van der Waals surface area (Å²) in [5, 5.41) is 0.448. The number of rotatable bonds is 5. The molecule has 1 aliphatic carbocycles. The van der Waals surface area contributed by atoms with Crippen LogP contribution in [0.15, 0.2) is 23.1 Å². The summed E-state index contributed by atoms with van der Waals surface area (Å²) >= 11 is 5.93. The molecule has 0 radical (unpaired) electrons. The van der Waals surface area contributed by atoms with Gasteiger partial charge < -0.3 is 5.73 Å². The highest BCUT2D eigenvalue weighted by Crippen LogP contribution is 2.31. The first-order chi connectivity index (χ1) is 8.42. The average molecular weight is 325 g/mol. The SMILES string of the molecule is Cc1c(Cl)cccc1S(=O)(=O)NCC(N)C1CC1.Cl. The summed E-state index contributed by atoms with van der Waals surface area (Å²) in [5.41, 5.74) is 6.44. The Morgan fingerprint density at radius 1 is 1.47 bits per heavy atom. The third kappa shape index (κ3) is 4.07. The molecule has 0 aromatic heterocycles. The molecule has 0 saturated heterocycles. The van der Waals surface area contributed by atoms with Gasteiger partial charge in [0.25, 0.3) is 0 Å². The van der Waals surface area contributed by atoms with Crippen molar-refractivity contribution in [2.45, 2.75) is 30.7 Å². The van der Waals surface area contributed by atoms with E-state index in [9.17, 15) is 8.42 Å².